The molecule has 17 heavy (non-hydrogen) atoms. The molecule has 3 heteroatoms. The van der Waals surface area contributed by atoms with Gasteiger partial charge in [0.2, 0.25) is 0 Å². The molecule has 1 aromatic carbocycles. The number of hydrogen-bond donors (Lipinski definition) is 1. The van der Waals surface area contributed by atoms with E-state index in [1.165, 1.54) is 18.2 Å². The average Bonchev–Trinajstić information content (AvgIpc) is 2.33. The standard InChI is InChI=1S/C14H19F2N/c1-2-17-12-5-3-4-10(8-12)13-9-11(15)6-7-14(13)16/h6-7,9-10,12,17H,2-5,8H2,1H3. The molecule has 1 nitrogen and oxygen atoms in total. The molecule has 2 atom stereocenters. The third-order valence-electron chi connectivity index (χ3n) is 3.56. The van der Waals surface area contributed by atoms with Crippen LogP contribution in [0.2, 0.25) is 0 Å². The third kappa shape index (κ3) is 3.03. The Morgan fingerprint density at radius 1 is 1.29 bits per heavy atom. The summed E-state index contributed by atoms with van der Waals surface area (Å²) >= 11 is 0. The van der Waals surface area contributed by atoms with Crippen LogP contribution in [0.4, 0.5) is 8.78 Å². The summed E-state index contributed by atoms with van der Waals surface area (Å²) in [5.41, 5.74) is 0.549. The van der Waals surface area contributed by atoms with Crippen molar-refractivity contribution in [1.82, 2.24) is 5.32 Å². The Bertz CT molecular complexity index is 376. The fourth-order valence-corrected chi connectivity index (χ4v) is 2.77. The van der Waals surface area contributed by atoms with Crippen LogP contribution in [0.3, 0.4) is 0 Å². The predicted molar refractivity (Wildman–Crippen MR) is 65.0 cm³/mol. The van der Waals surface area contributed by atoms with Crippen molar-refractivity contribution in [3.05, 3.63) is 35.4 Å². The second-order valence-corrected chi connectivity index (χ2v) is 4.78. The summed E-state index contributed by atoms with van der Waals surface area (Å²) in [7, 11) is 0. The summed E-state index contributed by atoms with van der Waals surface area (Å²) in [5.74, 6) is -0.455. The predicted octanol–water partition coefficient (Wildman–Crippen LogP) is 3.60. The molecule has 1 aliphatic rings. The maximum absolute atomic E-state index is 13.7. The van der Waals surface area contributed by atoms with Crippen LogP contribution in [0.25, 0.3) is 0 Å². The Morgan fingerprint density at radius 3 is 2.88 bits per heavy atom. The number of hydrogen-bond acceptors (Lipinski definition) is 1. The van der Waals surface area contributed by atoms with Crippen LogP contribution >= 0.6 is 0 Å². The Morgan fingerprint density at radius 2 is 2.12 bits per heavy atom. The fraction of sp³-hybridized carbons (Fsp3) is 0.571. The molecular weight excluding hydrogens is 220 g/mol. The van der Waals surface area contributed by atoms with E-state index in [0.717, 1.165) is 32.2 Å². The number of halogens is 2. The molecule has 1 aromatic rings. The van der Waals surface area contributed by atoms with E-state index < -0.39 is 0 Å². The van der Waals surface area contributed by atoms with E-state index in [1.807, 2.05) is 0 Å². The lowest BCUT2D eigenvalue weighted by Gasteiger charge is -2.30. The van der Waals surface area contributed by atoms with Crippen molar-refractivity contribution < 1.29 is 8.78 Å². The molecule has 0 radical (unpaired) electrons. The highest BCUT2D eigenvalue weighted by atomic mass is 19.1. The Hall–Kier alpha value is -0.960. The number of nitrogens with one attached hydrogen (secondary N) is 1. The second kappa shape index (κ2) is 5.58. The Kier molecular flexibility index (Phi) is 4.11. The van der Waals surface area contributed by atoms with E-state index >= 15 is 0 Å². The lowest BCUT2D eigenvalue weighted by atomic mass is 9.81. The highest BCUT2D eigenvalue weighted by molar-refractivity contribution is 5.23. The minimum Gasteiger partial charge on any atom is -0.314 e. The van der Waals surface area contributed by atoms with Crippen molar-refractivity contribution in [2.75, 3.05) is 6.54 Å². The highest BCUT2D eigenvalue weighted by Crippen LogP contribution is 2.34. The van der Waals surface area contributed by atoms with E-state index in [9.17, 15) is 8.78 Å². The van der Waals surface area contributed by atoms with Crippen molar-refractivity contribution in [2.45, 2.75) is 44.6 Å². The first-order valence-corrected chi connectivity index (χ1v) is 6.39. The maximum atomic E-state index is 13.7. The molecule has 0 bridgehead atoms. The van der Waals surface area contributed by atoms with Crippen molar-refractivity contribution in [3.63, 3.8) is 0 Å². The fourth-order valence-electron chi connectivity index (χ4n) is 2.77. The van der Waals surface area contributed by atoms with Crippen molar-refractivity contribution >= 4 is 0 Å². The van der Waals surface area contributed by atoms with Gasteiger partial charge in [-0.15, -0.1) is 0 Å². The summed E-state index contributed by atoms with van der Waals surface area (Å²) in [4.78, 5) is 0. The first kappa shape index (κ1) is 12.5. The Balaban J connectivity index is 2.13. The molecule has 1 N–H and O–H groups in total. The van der Waals surface area contributed by atoms with Crippen molar-refractivity contribution in [1.29, 1.82) is 0 Å². The molecule has 94 valence electrons. The van der Waals surface area contributed by atoms with E-state index in [4.69, 9.17) is 0 Å². The summed E-state index contributed by atoms with van der Waals surface area (Å²) < 4.78 is 26.8. The van der Waals surface area contributed by atoms with Gasteiger partial charge in [0.05, 0.1) is 0 Å². The van der Waals surface area contributed by atoms with Gasteiger partial charge in [-0.25, -0.2) is 8.78 Å². The van der Waals surface area contributed by atoms with Crippen LogP contribution in [0.5, 0.6) is 0 Å². The number of rotatable bonds is 3. The first-order valence-electron chi connectivity index (χ1n) is 6.39. The zero-order valence-corrected chi connectivity index (χ0v) is 10.2. The van der Waals surface area contributed by atoms with Crippen LogP contribution in [-0.2, 0) is 0 Å². The SMILES string of the molecule is CCNC1CCCC(c2cc(F)ccc2F)C1. The summed E-state index contributed by atoms with van der Waals surface area (Å²) in [6.07, 6.45) is 4.09. The normalized spacial score (nSPS) is 24.9. The average molecular weight is 239 g/mol. The zero-order chi connectivity index (χ0) is 12.3. The molecule has 0 heterocycles. The Labute approximate surface area is 101 Å². The van der Waals surface area contributed by atoms with Gasteiger partial charge in [-0.2, -0.15) is 0 Å². The molecule has 0 saturated heterocycles. The summed E-state index contributed by atoms with van der Waals surface area (Å²) in [5, 5.41) is 3.40. The first-order chi connectivity index (χ1) is 8.20. The van der Waals surface area contributed by atoms with Gasteiger partial charge in [0.25, 0.3) is 0 Å². The van der Waals surface area contributed by atoms with Gasteiger partial charge in [0.15, 0.2) is 0 Å². The maximum Gasteiger partial charge on any atom is 0.126 e. The lowest BCUT2D eigenvalue weighted by Crippen LogP contribution is -2.33. The van der Waals surface area contributed by atoms with Gasteiger partial charge in [-0.05, 0) is 55.5 Å². The monoisotopic (exact) mass is 239 g/mol. The number of benzene rings is 1. The molecule has 1 fully saturated rings. The van der Waals surface area contributed by atoms with Gasteiger partial charge in [0, 0.05) is 6.04 Å². The topological polar surface area (TPSA) is 12.0 Å². The molecule has 0 aliphatic heterocycles. The molecule has 1 saturated carbocycles. The molecule has 1 aliphatic carbocycles. The quantitative estimate of drug-likeness (QED) is 0.849. The molecule has 0 amide bonds. The molecule has 2 rings (SSSR count). The second-order valence-electron chi connectivity index (χ2n) is 4.78. The molecule has 2 unspecified atom stereocenters. The van der Waals surface area contributed by atoms with Gasteiger partial charge in [0.1, 0.15) is 11.6 Å². The van der Waals surface area contributed by atoms with E-state index in [1.54, 1.807) is 0 Å². The van der Waals surface area contributed by atoms with E-state index in [0.29, 0.717) is 11.6 Å². The molecule has 0 aromatic heterocycles. The van der Waals surface area contributed by atoms with Crippen LogP contribution in [-0.4, -0.2) is 12.6 Å². The highest BCUT2D eigenvalue weighted by Gasteiger charge is 2.24. The van der Waals surface area contributed by atoms with Gasteiger partial charge >= 0.3 is 0 Å². The molecular formula is C14H19F2N. The summed E-state index contributed by atoms with van der Waals surface area (Å²) in [6, 6.07) is 4.22. The largest absolute Gasteiger partial charge is 0.314 e. The lowest BCUT2D eigenvalue weighted by molar-refractivity contribution is 0.338. The van der Waals surface area contributed by atoms with Crippen LogP contribution in [0.1, 0.15) is 44.1 Å². The minimum atomic E-state index is -0.341. The van der Waals surface area contributed by atoms with Crippen molar-refractivity contribution in [3.8, 4) is 0 Å². The summed E-state index contributed by atoms with van der Waals surface area (Å²) in [6.45, 7) is 3.01. The van der Waals surface area contributed by atoms with Crippen LogP contribution in [0, 0.1) is 11.6 Å². The van der Waals surface area contributed by atoms with Gasteiger partial charge in [-0.3, -0.25) is 0 Å². The van der Waals surface area contributed by atoms with E-state index in [-0.39, 0.29) is 17.6 Å². The van der Waals surface area contributed by atoms with Gasteiger partial charge in [-0.1, -0.05) is 13.3 Å². The molecule has 0 spiro atoms. The van der Waals surface area contributed by atoms with Crippen molar-refractivity contribution in [2.24, 2.45) is 0 Å². The third-order valence-corrected chi connectivity index (χ3v) is 3.56. The van der Waals surface area contributed by atoms with Crippen LogP contribution in [0.15, 0.2) is 18.2 Å². The zero-order valence-electron chi connectivity index (χ0n) is 10.2. The van der Waals surface area contributed by atoms with E-state index in [2.05, 4.69) is 12.2 Å². The smallest absolute Gasteiger partial charge is 0.126 e. The van der Waals surface area contributed by atoms with Gasteiger partial charge < -0.3 is 5.32 Å². The van der Waals surface area contributed by atoms with Crippen LogP contribution < -0.4 is 5.32 Å². The minimum absolute atomic E-state index is 0.156.